The van der Waals surface area contributed by atoms with Crippen LogP contribution in [0.2, 0.25) is 0 Å². The summed E-state index contributed by atoms with van der Waals surface area (Å²) in [6, 6.07) is 5.21. The fourth-order valence-corrected chi connectivity index (χ4v) is 3.13. The average molecular weight is 386 g/mol. The van der Waals surface area contributed by atoms with Crippen molar-refractivity contribution in [3.05, 3.63) is 65.0 Å². The van der Waals surface area contributed by atoms with Crippen LogP contribution in [0.3, 0.4) is 0 Å². The Bertz CT molecular complexity index is 888. The van der Waals surface area contributed by atoms with Gasteiger partial charge in [-0.2, -0.15) is 0 Å². The molecule has 1 unspecified atom stereocenters. The van der Waals surface area contributed by atoms with Gasteiger partial charge in [0.25, 0.3) is 5.91 Å². The van der Waals surface area contributed by atoms with E-state index in [0.29, 0.717) is 11.8 Å². The largest absolute Gasteiger partial charge is 0.390 e. The Hall–Kier alpha value is -2.43. The minimum Gasteiger partial charge on any atom is -0.390 e. The van der Waals surface area contributed by atoms with Gasteiger partial charge in [0, 0.05) is 17.8 Å². The monoisotopic (exact) mass is 386 g/mol. The smallest absolute Gasteiger partial charge is 0.266 e. The van der Waals surface area contributed by atoms with Gasteiger partial charge in [0.05, 0.1) is 29.7 Å². The highest BCUT2D eigenvalue weighted by molar-refractivity contribution is 7.90. The third-order valence-corrected chi connectivity index (χ3v) is 4.75. The molecule has 140 valence electrons. The second-order valence-corrected chi connectivity index (χ2v) is 7.26. The predicted molar refractivity (Wildman–Crippen MR) is 87.3 cm³/mol. The first kappa shape index (κ1) is 19.9. The molecule has 0 aliphatic carbocycles. The van der Waals surface area contributed by atoms with Crippen LogP contribution in [0, 0.1) is 11.6 Å². The Labute approximate surface area is 148 Å². The molecule has 0 radical (unpaired) electrons. The molecule has 3 N–H and O–H groups in total. The van der Waals surface area contributed by atoms with Crippen molar-refractivity contribution in [2.24, 2.45) is 0 Å². The maximum atomic E-state index is 13.6. The van der Waals surface area contributed by atoms with Gasteiger partial charge in [-0.3, -0.25) is 9.78 Å². The van der Waals surface area contributed by atoms with E-state index in [0.717, 1.165) is 18.3 Å². The summed E-state index contributed by atoms with van der Waals surface area (Å²) >= 11 is 0. The van der Waals surface area contributed by atoms with Crippen LogP contribution in [0.5, 0.6) is 0 Å². The number of aliphatic hydroxyl groups is 2. The highest BCUT2D eigenvalue weighted by Crippen LogP contribution is 2.21. The summed E-state index contributed by atoms with van der Waals surface area (Å²) in [5, 5.41) is 18.8. The molecule has 2 aromatic rings. The van der Waals surface area contributed by atoms with Gasteiger partial charge in [-0.05, 0) is 24.6 Å². The highest BCUT2D eigenvalue weighted by atomic mass is 32.2. The summed E-state index contributed by atoms with van der Waals surface area (Å²) < 4.78 is 52.1. The SMILES string of the molecule is O=C(NS(=O)(=O)CCC(O)c1ccc(F)cc1F)c1ccc(CO)nc1. The summed E-state index contributed by atoms with van der Waals surface area (Å²) in [4.78, 5) is 15.7. The maximum absolute atomic E-state index is 13.6. The van der Waals surface area contributed by atoms with Crippen molar-refractivity contribution in [3.63, 3.8) is 0 Å². The predicted octanol–water partition coefficient (Wildman–Crippen LogP) is 1.04. The molecule has 2 rings (SSSR count). The normalized spacial score (nSPS) is 12.6. The van der Waals surface area contributed by atoms with E-state index in [1.165, 1.54) is 12.1 Å². The number of hydrogen-bond donors (Lipinski definition) is 3. The van der Waals surface area contributed by atoms with Crippen LogP contribution in [0.25, 0.3) is 0 Å². The molecular weight excluding hydrogens is 370 g/mol. The summed E-state index contributed by atoms with van der Waals surface area (Å²) in [6.07, 6.45) is -0.765. The van der Waals surface area contributed by atoms with Gasteiger partial charge in [-0.1, -0.05) is 6.07 Å². The van der Waals surface area contributed by atoms with Gasteiger partial charge in [0.1, 0.15) is 11.6 Å². The Morgan fingerprint density at radius 2 is 1.96 bits per heavy atom. The lowest BCUT2D eigenvalue weighted by Gasteiger charge is -2.13. The Kier molecular flexibility index (Phi) is 6.35. The molecule has 1 aromatic heterocycles. The molecular formula is C16H16F2N2O5S. The number of rotatable bonds is 7. The van der Waals surface area contributed by atoms with Crippen molar-refractivity contribution in [2.45, 2.75) is 19.1 Å². The number of pyridine rings is 1. The summed E-state index contributed by atoms with van der Waals surface area (Å²) in [5.41, 5.74) is 0.0430. The Balaban J connectivity index is 1.98. The van der Waals surface area contributed by atoms with E-state index in [4.69, 9.17) is 5.11 Å². The van der Waals surface area contributed by atoms with Crippen molar-refractivity contribution in [1.29, 1.82) is 0 Å². The van der Waals surface area contributed by atoms with Gasteiger partial charge in [0.2, 0.25) is 10.0 Å². The number of nitrogens with one attached hydrogen (secondary N) is 1. The lowest BCUT2D eigenvalue weighted by Crippen LogP contribution is -2.33. The minimum atomic E-state index is -4.10. The Morgan fingerprint density at radius 1 is 1.23 bits per heavy atom. The van der Waals surface area contributed by atoms with Crippen LogP contribution in [0.1, 0.15) is 34.1 Å². The van der Waals surface area contributed by atoms with Crippen molar-refractivity contribution < 1.29 is 32.2 Å². The number of amides is 1. The van der Waals surface area contributed by atoms with Crippen LogP contribution in [0.4, 0.5) is 8.78 Å². The second-order valence-electron chi connectivity index (χ2n) is 5.42. The number of hydrogen-bond acceptors (Lipinski definition) is 6. The summed E-state index contributed by atoms with van der Waals surface area (Å²) in [5.74, 6) is -3.39. The number of nitrogens with zero attached hydrogens (tertiary/aromatic N) is 1. The zero-order valence-electron chi connectivity index (χ0n) is 13.4. The lowest BCUT2D eigenvalue weighted by atomic mass is 10.1. The van der Waals surface area contributed by atoms with Crippen LogP contribution in [-0.2, 0) is 16.6 Å². The molecule has 10 heteroatoms. The molecule has 0 saturated carbocycles. The molecule has 1 heterocycles. The first-order chi connectivity index (χ1) is 12.2. The van der Waals surface area contributed by atoms with E-state index >= 15 is 0 Å². The standard InChI is InChI=1S/C16H16F2N2O5S/c17-11-2-4-13(14(18)7-11)15(22)5-6-26(24,25)20-16(23)10-1-3-12(9-21)19-8-10/h1-4,7-8,15,21-22H,5-6,9H2,(H,20,23). The highest BCUT2D eigenvalue weighted by Gasteiger charge is 2.20. The van der Waals surface area contributed by atoms with Gasteiger partial charge in [-0.15, -0.1) is 0 Å². The molecule has 7 nitrogen and oxygen atoms in total. The fourth-order valence-electron chi connectivity index (χ4n) is 2.10. The van der Waals surface area contributed by atoms with Gasteiger partial charge < -0.3 is 10.2 Å². The van der Waals surface area contributed by atoms with E-state index in [9.17, 15) is 27.1 Å². The van der Waals surface area contributed by atoms with Crippen molar-refractivity contribution in [3.8, 4) is 0 Å². The first-order valence-electron chi connectivity index (χ1n) is 7.45. The van der Waals surface area contributed by atoms with E-state index in [-0.39, 0.29) is 17.7 Å². The van der Waals surface area contributed by atoms with Crippen molar-refractivity contribution >= 4 is 15.9 Å². The quantitative estimate of drug-likeness (QED) is 0.655. The van der Waals surface area contributed by atoms with E-state index in [1.807, 2.05) is 0 Å². The van der Waals surface area contributed by atoms with E-state index in [2.05, 4.69) is 4.98 Å². The fraction of sp³-hybridized carbons (Fsp3) is 0.250. The number of aromatic nitrogens is 1. The molecule has 0 bridgehead atoms. The van der Waals surface area contributed by atoms with Crippen LogP contribution in [0.15, 0.2) is 36.5 Å². The van der Waals surface area contributed by atoms with Gasteiger partial charge in [-0.25, -0.2) is 21.9 Å². The number of benzene rings is 1. The molecule has 0 aliphatic rings. The van der Waals surface area contributed by atoms with Crippen molar-refractivity contribution in [2.75, 3.05) is 5.75 Å². The number of carbonyl (C=O) groups excluding carboxylic acids is 1. The molecule has 1 atom stereocenters. The Morgan fingerprint density at radius 3 is 2.54 bits per heavy atom. The lowest BCUT2D eigenvalue weighted by molar-refractivity contribution is 0.0980. The van der Waals surface area contributed by atoms with Crippen LogP contribution in [-0.4, -0.2) is 35.3 Å². The minimum absolute atomic E-state index is 0.0316. The third-order valence-electron chi connectivity index (χ3n) is 3.48. The zero-order chi connectivity index (χ0) is 19.3. The first-order valence-corrected chi connectivity index (χ1v) is 9.10. The third kappa shape index (κ3) is 5.28. The van der Waals surface area contributed by atoms with Gasteiger partial charge in [0.15, 0.2) is 0 Å². The molecule has 0 saturated heterocycles. The van der Waals surface area contributed by atoms with Gasteiger partial charge >= 0.3 is 0 Å². The zero-order valence-corrected chi connectivity index (χ0v) is 14.2. The van der Waals surface area contributed by atoms with E-state index in [1.54, 1.807) is 4.72 Å². The van der Waals surface area contributed by atoms with E-state index < -0.39 is 45.8 Å². The second kappa shape index (κ2) is 8.30. The van der Waals surface area contributed by atoms with Crippen LogP contribution >= 0.6 is 0 Å². The molecule has 1 aromatic carbocycles. The molecule has 0 spiro atoms. The average Bonchev–Trinajstić information content (AvgIpc) is 2.59. The number of sulfonamides is 1. The maximum Gasteiger partial charge on any atom is 0.266 e. The number of carbonyl (C=O) groups is 1. The molecule has 0 aliphatic heterocycles. The molecule has 26 heavy (non-hydrogen) atoms. The van der Waals surface area contributed by atoms with Crippen LogP contribution < -0.4 is 4.72 Å². The summed E-state index contributed by atoms with van der Waals surface area (Å²) in [7, 11) is -4.10. The van der Waals surface area contributed by atoms with Crippen molar-refractivity contribution in [1.82, 2.24) is 9.71 Å². The number of halogens is 2. The topological polar surface area (TPSA) is 117 Å². The molecule has 1 amide bonds. The summed E-state index contributed by atoms with van der Waals surface area (Å²) in [6.45, 7) is -0.321. The molecule has 0 fully saturated rings. The number of aliphatic hydroxyl groups excluding tert-OH is 2.